The number of likely N-dealkylation sites (tertiary alicyclic amines) is 1. The van der Waals surface area contributed by atoms with Gasteiger partial charge in [0.2, 0.25) is 5.91 Å². The first kappa shape index (κ1) is 24.8. The molecule has 1 aliphatic carbocycles. The largest absolute Gasteiger partial charge is 0.383 e. The number of nitrogen functional groups attached to an aromatic ring is 1. The van der Waals surface area contributed by atoms with Crippen LogP contribution in [0.4, 0.5) is 11.6 Å². The van der Waals surface area contributed by atoms with E-state index >= 15 is 0 Å². The Morgan fingerprint density at radius 3 is 2.54 bits per heavy atom. The Bertz CT molecular complexity index is 1610. The van der Waals surface area contributed by atoms with E-state index in [-0.39, 0.29) is 17.9 Å². The predicted octanol–water partition coefficient (Wildman–Crippen LogP) is 4.54. The van der Waals surface area contributed by atoms with Crippen molar-refractivity contribution in [3.05, 3.63) is 78.4 Å². The Labute approximate surface area is 226 Å². The number of hydrogen-bond donors (Lipinski definition) is 2. The predicted molar refractivity (Wildman–Crippen MR) is 151 cm³/mol. The highest BCUT2D eigenvalue weighted by Crippen LogP contribution is 2.46. The van der Waals surface area contributed by atoms with Crippen LogP contribution in [0.3, 0.4) is 0 Å². The van der Waals surface area contributed by atoms with Gasteiger partial charge in [0.15, 0.2) is 0 Å². The highest BCUT2D eigenvalue weighted by molar-refractivity contribution is 6.06. The number of carbonyl (C=O) groups is 2. The number of pyridine rings is 1. The van der Waals surface area contributed by atoms with Gasteiger partial charge in [0.25, 0.3) is 5.91 Å². The van der Waals surface area contributed by atoms with E-state index in [4.69, 9.17) is 5.73 Å². The van der Waals surface area contributed by atoms with Gasteiger partial charge in [-0.1, -0.05) is 18.7 Å². The summed E-state index contributed by atoms with van der Waals surface area (Å²) in [5.41, 5.74) is 11.5. The van der Waals surface area contributed by atoms with Gasteiger partial charge in [-0.15, -0.1) is 0 Å². The van der Waals surface area contributed by atoms with E-state index in [0.29, 0.717) is 29.0 Å². The minimum Gasteiger partial charge on any atom is -0.383 e. The SMILES string of the molecule is C=CC(=O)N1CC2CC(n3cc(-c4ccc(C(=O)Nc5cc(C)ccn5)c(C)c4)c4c(N)ncnc43)CC2C1. The number of rotatable bonds is 5. The number of anilines is 2. The Kier molecular flexibility index (Phi) is 6.13. The van der Waals surface area contributed by atoms with Gasteiger partial charge in [0, 0.05) is 42.7 Å². The molecule has 6 rings (SSSR count). The van der Waals surface area contributed by atoms with E-state index in [2.05, 4.69) is 37.6 Å². The lowest BCUT2D eigenvalue weighted by atomic mass is 9.99. The van der Waals surface area contributed by atoms with Crippen LogP contribution < -0.4 is 11.1 Å². The molecule has 1 aromatic carbocycles. The summed E-state index contributed by atoms with van der Waals surface area (Å²) in [7, 11) is 0. The Hall–Kier alpha value is -4.53. The second-order valence-electron chi connectivity index (χ2n) is 10.7. The van der Waals surface area contributed by atoms with Crippen molar-refractivity contribution in [3.63, 3.8) is 0 Å². The molecule has 2 fully saturated rings. The van der Waals surface area contributed by atoms with Crippen LogP contribution in [0.2, 0.25) is 0 Å². The van der Waals surface area contributed by atoms with Crippen LogP contribution in [-0.4, -0.2) is 49.3 Å². The number of amides is 2. The standard InChI is InChI=1S/C30H31N7O2/c1-4-26(38)36-13-20-11-22(12-21(20)14-36)37-15-24(27-28(31)33-16-34-29(27)37)19-5-6-23(18(3)10-19)30(39)35-25-9-17(2)7-8-32-25/h4-10,15-16,20-22H,1,11-14H2,2-3H3,(H2,31,33,34)(H,32,35,39). The van der Waals surface area contributed by atoms with Crippen molar-refractivity contribution in [2.75, 3.05) is 24.1 Å². The average molecular weight is 522 g/mol. The molecule has 4 aromatic rings. The Balaban J connectivity index is 1.30. The van der Waals surface area contributed by atoms with Crippen LogP contribution in [0.25, 0.3) is 22.2 Å². The molecule has 4 heterocycles. The van der Waals surface area contributed by atoms with Crippen molar-refractivity contribution in [1.29, 1.82) is 0 Å². The van der Waals surface area contributed by atoms with Crippen LogP contribution in [0.15, 0.2) is 61.7 Å². The molecular formula is C30H31N7O2. The number of fused-ring (bicyclic) bond motifs is 2. The highest BCUT2D eigenvalue weighted by Gasteiger charge is 2.43. The number of nitrogens with two attached hydrogens (primary N) is 1. The van der Waals surface area contributed by atoms with Gasteiger partial charge in [0.1, 0.15) is 23.6 Å². The van der Waals surface area contributed by atoms with Crippen molar-refractivity contribution in [3.8, 4) is 11.1 Å². The lowest BCUT2D eigenvalue weighted by molar-refractivity contribution is -0.125. The minimum absolute atomic E-state index is 0.0119. The molecule has 0 bridgehead atoms. The third kappa shape index (κ3) is 4.43. The van der Waals surface area contributed by atoms with Crippen LogP contribution in [0.1, 0.15) is 40.4 Å². The second-order valence-corrected chi connectivity index (χ2v) is 10.7. The molecule has 39 heavy (non-hydrogen) atoms. The molecule has 2 aliphatic rings. The fourth-order valence-electron chi connectivity index (χ4n) is 6.28. The van der Waals surface area contributed by atoms with Crippen LogP contribution in [0, 0.1) is 25.7 Å². The molecule has 9 nitrogen and oxygen atoms in total. The van der Waals surface area contributed by atoms with Gasteiger partial charge >= 0.3 is 0 Å². The molecule has 2 amide bonds. The fraction of sp³-hybridized carbons (Fsp3) is 0.300. The van der Waals surface area contributed by atoms with Crippen LogP contribution >= 0.6 is 0 Å². The Morgan fingerprint density at radius 1 is 1.08 bits per heavy atom. The lowest BCUT2D eigenvalue weighted by Gasteiger charge is -2.19. The van der Waals surface area contributed by atoms with Crippen molar-refractivity contribution in [2.24, 2.45) is 11.8 Å². The molecule has 0 radical (unpaired) electrons. The summed E-state index contributed by atoms with van der Waals surface area (Å²) in [6.45, 7) is 9.06. The van der Waals surface area contributed by atoms with Crippen molar-refractivity contribution in [2.45, 2.75) is 32.7 Å². The molecule has 2 atom stereocenters. The van der Waals surface area contributed by atoms with E-state index < -0.39 is 0 Å². The van der Waals surface area contributed by atoms with Gasteiger partial charge in [-0.25, -0.2) is 15.0 Å². The van der Waals surface area contributed by atoms with Crippen LogP contribution in [0.5, 0.6) is 0 Å². The molecule has 1 aliphatic heterocycles. The number of nitrogens with one attached hydrogen (secondary N) is 1. The van der Waals surface area contributed by atoms with Crippen molar-refractivity contribution < 1.29 is 9.59 Å². The maximum absolute atomic E-state index is 13.0. The molecule has 9 heteroatoms. The number of benzene rings is 1. The quantitative estimate of drug-likeness (QED) is 0.372. The van der Waals surface area contributed by atoms with Crippen molar-refractivity contribution >= 4 is 34.5 Å². The zero-order chi connectivity index (χ0) is 27.3. The van der Waals surface area contributed by atoms with Gasteiger partial charge in [-0.05, 0) is 79.5 Å². The van der Waals surface area contributed by atoms with E-state index in [9.17, 15) is 9.59 Å². The van der Waals surface area contributed by atoms with E-state index in [1.165, 1.54) is 12.4 Å². The zero-order valence-corrected chi connectivity index (χ0v) is 22.1. The van der Waals surface area contributed by atoms with Gasteiger partial charge in [0.05, 0.1) is 5.39 Å². The summed E-state index contributed by atoms with van der Waals surface area (Å²) in [5.74, 6) is 1.68. The molecule has 198 valence electrons. The molecule has 3 aromatic heterocycles. The first-order chi connectivity index (χ1) is 18.8. The minimum atomic E-state index is -0.205. The fourth-order valence-corrected chi connectivity index (χ4v) is 6.28. The van der Waals surface area contributed by atoms with Crippen molar-refractivity contribution in [1.82, 2.24) is 24.4 Å². The smallest absolute Gasteiger partial charge is 0.257 e. The van der Waals surface area contributed by atoms with E-state index in [1.54, 1.807) is 6.20 Å². The highest BCUT2D eigenvalue weighted by atomic mass is 16.2. The summed E-state index contributed by atoms with van der Waals surface area (Å²) in [5, 5.41) is 3.71. The Morgan fingerprint density at radius 2 is 1.85 bits per heavy atom. The summed E-state index contributed by atoms with van der Waals surface area (Å²) in [4.78, 5) is 40.2. The molecule has 1 saturated carbocycles. The topological polar surface area (TPSA) is 119 Å². The number of nitrogens with zero attached hydrogens (tertiary/aromatic N) is 5. The molecule has 3 N–H and O–H groups in total. The first-order valence-corrected chi connectivity index (χ1v) is 13.2. The lowest BCUT2D eigenvalue weighted by Crippen LogP contribution is -2.28. The van der Waals surface area contributed by atoms with E-state index in [0.717, 1.165) is 59.2 Å². The maximum Gasteiger partial charge on any atom is 0.257 e. The third-order valence-electron chi connectivity index (χ3n) is 8.18. The normalized spacial score (nSPS) is 20.3. The number of aromatic nitrogens is 4. The second kappa shape index (κ2) is 9.65. The summed E-state index contributed by atoms with van der Waals surface area (Å²) < 4.78 is 2.24. The summed E-state index contributed by atoms with van der Waals surface area (Å²) in [6.07, 6.45) is 8.67. The molecular weight excluding hydrogens is 490 g/mol. The third-order valence-corrected chi connectivity index (χ3v) is 8.18. The molecule has 1 saturated heterocycles. The average Bonchev–Trinajstić information content (AvgIpc) is 3.60. The summed E-state index contributed by atoms with van der Waals surface area (Å²) in [6, 6.07) is 9.78. The van der Waals surface area contributed by atoms with Gasteiger partial charge < -0.3 is 20.5 Å². The zero-order valence-electron chi connectivity index (χ0n) is 22.1. The van der Waals surface area contributed by atoms with Gasteiger partial charge in [-0.2, -0.15) is 0 Å². The number of hydrogen-bond acceptors (Lipinski definition) is 6. The maximum atomic E-state index is 13.0. The molecule has 2 unspecified atom stereocenters. The number of carbonyl (C=O) groups excluding carboxylic acids is 2. The summed E-state index contributed by atoms with van der Waals surface area (Å²) >= 11 is 0. The monoisotopic (exact) mass is 521 g/mol. The van der Waals surface area contributed by atoms with Crippen LogP contribution in [-0.2, 0) is 4.79 Å². The first-order valence-electron chi connectivity index (χ1n) is 13.2. The number of aryl methyl sites for hydroxylation is 2. The van der Waals surface area contributed by atoms with E-state index in [1.807, 2.05) is 49.1 Å². The molecule has 0 spiro atoms. The van der Waals surface area contributed by atoms with Gasteiger partial charge in [-0.3, -0.25) is 9.59 Å².